The molecule has 1 unspecified atom stereocenters. The lowest BCUT2D eigenvalue weighted by atomic mass is 10.1. The van der Waals surface area contributed by atoms with Crippen LogP contribution in [0.4, 0.5) is 5.69 Å². The molecule has 0 spiro atoms. The van der Waals surface area contributed by atoms with Crippen molar-refractivity contribution in [2.45, 2.75) is 26.4 Å². The Morgan fingerprint density at radius 2 is 1.83 bits per heavy atom. The van der Waals surface area contributed by atoms with E-state index >= 15 is 0 Å². The maximum absolute atomic E-state index is 12.6. The first kappa shape index (κ1) is 18.9. The molecular weight excluding hydrogens is 364 g/mol. The minimum absolute atomic E-state index is 0.00198. The SMILES string of the molecule is Cc1ccc(N2CC(C(=O)NCc3ccc(Cn4ccnc4)cc3)CC2=O)cc1. The summed E-state index contributed by atoms with van der Waals surface area (Å²) in [5.41, 5.74) is 4.20. The van der Waals surface area contributed by atoms with Gasteiger partial charge in [-0.1, -0.05) is 42.0 Å². The van der Waals surface area contributed by atoms with Crippen LogP contribution in [-0.2, 0) is 22.7 Å². The second kappa shape index (κ2) is 8.31. The number of anilines is 1. The van der Waals surface area contributed by atoms with E-state index in [1.807, 2.05) is 54.1 Å². The Hall–Kier alpha value is -3.41. The summed E-state index contributed by atoms with van der Waals surface area (Å²) in [6.45, 7) is 3.67. The maximum atomic E-state index is 12.6. The van der Waals surface area contributed by atoms with E-state index in [2.05, 4.69) is 22.4 Å². The third kappa shape index (κ3) is 4.54. The van der Waals surface area contributed by atoms with E-state index in [4.69, 9.17) is 0 Å². The van der Waals surface area contributed by atoms with E-state index in [-0.39, 0.29) is 24.2 Å². The number of benzene rings is 2. The molecule has 2 heterocycles. The van der Waals surface area contributed by atoms with Crippen molar-refractivity contribution < 1.29 is 9.59 Å². The normalized spacial score (nSPS) is 16.2. The highest BCUT2D eigenvalue weighted by molar-refractivity contribution is 6.00. The van der Waals surface area contributed by atoms with Crippen LogP contribution in [0.1, 0.15) is 23.1 Å². The zero-order valence-electron chi connectivity index (χ0n) is 16.4. The van der Waals surface area contributed by atoms with Gasteiger partial charge in [0.1, 0.15) is 0 Å². The van der Waals surface area contributed by atoms with Crippen LogP contribution in [0.5, 0.6) is 0 Å². The van der Waals surface area contributed by atoms with Crippen LogP contribution in [0.15, 0.2) is 67.3 Å². The van der Waals surface area contributed by atoms with Gasteiger partial charge in [0.15, 0.2) is 0 Å². The lowest BCUT2D eigenvalue weighted by molar-refractivity contribution is -0.126. The predicted molar refractivity (Wildman–Crippen MR) is 111 cm³/mol. The van der Waals surface area contributed by atoms with Crippen molar-refractivity contribution in [2.75, 3.05) is 11.4 Å². The van der Waals surface area contributed by atoms with Gasteiger partial charge in [0, 0.05) is 44.1 Å². The van der Waals surface area contributed by atoms with Crippen molar-refractivity contribution in [1.29, 1.82) is 0 Å². The van der Waals surface area contributed by atoms with Gasteiger partial charge >= 0.3 is 0 Å². The lowest BCUT2D eigenvalue weighted by Crippen LogP contribution is -2.32. The van der Waals surface area contributed by atoms with Crippen LogP contribution < -0.4 is 10.2 Å². The molecule has 1 atom stereocenters. The molecule has 148 valence electrons. The molecular formula is C23H24N4O2. The second-order valence-corrected chi connectivity index (χ2v) is 7.51. The smallest absolute Gasteiger partial charge is 0.227 e. The summed E-state index contributed by atoms with van der Waals surface area (Å²) in [5.74, 6) is -0.391. The molecule has 29 heavy (non-hydrogen) atoms. The standard InChI is InChI=1S/C23H24N4O2/c1-17-2-8-21(9-3-17)27-15-20(12-22(27)28)23(29)25-13-18-4-6-19(7-5-18)14-26-11-10-24-16-26/h2-11,16,20H,12-15H2,1H3,(H,25,29). The van der Waals surface area contributed by atoms with Gasteiger partial charge in [0.05, 0.1) is 12.2 Å². The highest BCUT2D eigenvalue weighted by atomic mass is 16.2. The fourth-order valence-electron chi connectivity index (χ4n) is 3.54. The molecule has 0 bridgehead atoms. The molecule has 0 aliphatic carbocycles. The molecule has 3 aromatic rings. The van der Waals surface area contributed by atoms with E-state index in [9.17, 15) is 9.59 Å². The number of carbonyl (C=O) groups excluding carboxylic acids is 2. The highest BCUT2D eigenvalue weighted by Gasteiger charge is 2.34. The second-order valence-electron chi connectivity index (χ2n) is 7.51. The molecule has 1 N–H and O–H groups in total. The minimum atomic E-state index is -0.315. The molecule has 1 aliphatic heterocycles. The monoisotopic (exact) mass is 388 g/mol. The summed E-state index contributed by atoms with van der Waals surface area (Å²) in [4.78, 5) is 30.7. The van der Waals surface area contributed by atoms with Gasteiger partial charge < -0.3 is 14.8 Å². The van der Waals surface area contributed by atoms with E-state index in [0.29, 0.717) is 13.1 Å². The average molecular weight is 388 g/mol. The fraction of sp³-hybridized carbons (Fsp3) is 0.261. The van der Waals surface area contributed by atoms with Crippen molar-refractivity contribution in [3.63, 3.8) is 0 Å². The zero-order valence-corrected chi connectivity index (χ0v) is 16.4. The van der Waals surface area contributed by atoms with Gasteiger partial charge in [-0.2, -0.15) is 0 Å². The van der Waals surface area contributed by atoms with Gasteiger partial charge in [-0.25, -0.2) is 4.98 Å². The number of rotatable bonds is 6. The highest BCUT2D eigenvalue weighted by Crippen LogP contribution is 2.25. The fourth-order valence-corrected chi connectivity index (χ4v) is 3.54. The first-order valence-corrected chi connectivity index (χ1v) is 9.77. The quantitative estimate of drug-likeness (QED) is 0.706. The molecule has 1 aromatic heterocycles. The molecule has 1 saturated heterocycles. The Balaban J connectivity index is 1.30. The Morgan fingerprint density at radius 3 is 2.52 bits per heavy atom. The number of hydrogen-bond donors (Lipinski definition) is 1. The molecule has 4 rings (SSSR count). The molecule has 6 heteroatoms. The van der Waals surface area contributed by atoms with Crippen LogP contribution >= 0.6 is 0 Å². The van der Waals surface area contributed by atoms with Crippen LogP contribution in [0, 0.1) is 12.8 Å². The number of hydrogen-bond acceptors (Lipinski definition) is 3. The molecule has 0 radical (unpaired) electrons. The molecule has 2 amide bonds. The predicted octanol–water partition coefficient (Wildman–Crippen LogP) is 2.91. The number of nitrogens with zero attached hydrogens (tertiary/aromatic N) is 3. The molecule has 1 fully saturated rings. The Labute approximate surface area is 170 Å². The third-order valence-corrected chi connectivity index (χ3v) is 5.26. The van der Waals surface area contributed by atoms with E-state index in [1.54, 1.807) is 17.4 Å². The number of nitrogens with one attached hydrogen (secondary N) is 1. The van der Waals surface area contributed by atoms with Crippen LogP contribution in [0.3, 0.4) is 0 Å². The van der Waals surface area contributed by atoms with Gasteiger partial charge in [0.25, 0.3) is 0 Å². The lowest BCUT2D eigenvalue weighted by Gasteiger charge is -2.17. The summed E-state index contributed by atoms with van der Waals surface area (Å²) < 4.78 is 2.01. The average Bonchev–Trinajstić information content (AvgIpc) is 3.37. The number of carbonyl (C=O) groups is 2. The third-order valence-electron chi connectivity index (χ3n) is 5.26. The zero-order chi connectivity index (χ0) is 20.2. The van der Waals surface area contributed by atoms with Crippen molar-refractivity contribution >= 4 is 17.5 Å². The van der Waals surface area contributed by atoms with E-state index in [0.717, 1.165) is 23.4 Å². The Bertz CT molecular complexity index is 979. The van der Waals surface area contributed by atoms with Gasteiger partial charge in [-0.05, 0) is 30.2 Å². The summed E-state index contributed by atoms with van der Waals surface area (Å²) in [7, 11) is 0. The Kier molecular flexibility index (Phi) is 5.42. The van der Waals surface area contributed by atoms with Crippen molar-refractivity contribution in [1.82, 2.24) is 14.9 Å². The van der Waals surface area contributed by atoms with Gasteiger partial charge in [0.2, 0.25) is 11.8 Å². The minimum Gasteiger partial charge on any atom is -0.352 e. The van der Waals surface area contributed by atoms with Gasteiger partial charge in [-0.3, -0.25) is 9.59 Å². The van der Waals surface area contributed by atoms with Crippen LogP contribution in [0.2, 0.25) is 0 Å². The van der Waals surface area contributed by atoms with Crippen molar-refractivity contribution in [3.05, 3.63) is 83.9 Å². The molecule has 0 saturated carbocycles. The molecule has 1 aliphatic rings. The first-order chi connectivity index (χ1) is 14.1. The summed E-state index contributed by atoms with van der Waals surface area (Å²) in [6.07, 6.45) is 5.73. The largest absolute Gasteiger partial charge is 0.352 e. The first-order valence-electron chi connectivity index (χ1n) is 9.77. The summed E-state index contributed by atoms with van der Waals surface area (Å²) in [5, 5.41) is 2.97. The summed E-state index contributed by atoms with van der Waals surface area (Å²) in [6, 6.07) is 16.0. The Morgan fingerprint density at radius 1 is 1.10 bits per heavy atom. The number of amides is 2. The van der Waals surface area contributed by atoms with Gasteiger partial charge in [-0.15, -0.1) is 0 Å². The van der Waals surface area contributed by atoms with Crippen LogP contribution in [0.25, 0.3) is 0 Å². The van der Waals surface area contributed by atoms with E-state index < -0.39 is 0 Å². The van der Waals surface area contributed by atoms with E-state index in [1.165, 1.54) is 5.56 Å². The number of imidazole rings is 1. The number of aromatic nitrogens is 2. The summed E-state index contributed by atoms with van der Waals surface area (Å²) >= 11 is 0. The number of aryl methyl sites for hydroxylation is 1. The van der Waals surface area contributed by atoms with Crippen LogP contribution in [-0.4, -0.2) is 27.9 Å². The maximum Gasteiger partial charge on any atom is 0.227 e. The molecule has 6 nitrogen and oxygen atoms in total. The molecule has 2 aromatic carbocycles. The topological polar surface area (TPSA) is 67.2 Å². The van der Waals surface area contributed by atoms with Crippen molar-refractivity contribution in [2.24, 2.45) is 5.92 Å². The van der Waals surface area contributed by atoms with Crippen molar-refractivity contribution in [3.8, 4) is 0 Å².